The number of anilines is 2. The Kier molecular flexibility index (Phi) is 4.02. The molecule has 0 saturated carbocycles. The number of benzene rings is 1. The van der Waals surface area contributed by atoms with Crippen LogP contribution in [0.15, 0.2) is 42.0 Å². The normalized spacial score (nSPS) is 10.6. The Morgan fingerprint density at radius 1 is 1.27 bits per heavy atom. The second-order valence-electron chi connectivity index (χ2n) is 4.64. The molecule has 5 nitrogen and oxygen atoms in total. The van der Waals surface area contributed by atoms with Crippen LogP contribution in [0.2, 0.25) is 0 Å². The van der Waals surface area contributed by atoms with E-state index in [1.165, 1.54) is 17.7 Å². The van der Waals surface area contributed by atoms with Gasteiger partial charge in [0.1, 0.15) is 17.0 Å². The second kappa shape index (κ2) is 6.11. The molecule has 0 bridgehead atoms. The van der Waals surface area contributed by atoms with Gasteiger partial charge in [-0.25, -0.2) is 14.8 Å². The van der Waals surface area contributed by atoms with E-state index in [0.29, 0.717) is 18.0 Å². The first kappa shape index (κ1) is 14.5. The first-order valence-electron chi connectivity index (χ1n) is 6.90. The molecule has 0 N–H and O–H groups in total. The van der Waals surface area contributed by atoms with Gasteiger partial charge in [-0.15, -0.1) is 11.3 Å². The maximum Gasteiger partial charge on any atom is 0.339 e. The molecule has 2 heterocycles. The van der Waals surface area contributed by atoms with Crippen LogP contribution in [0, 0.1) is 0 Å². The van der Waals surface area contributed by atoms with Crippen LogP contribution < -0.4 is 4.90 Å². The van der Waals surface area contributed by atoms with Gasteiger partial charge in [0.2, 0.25) is 0 Å². The van der Waals surface area contributed by atoms with Crippen LogP contribution in [0.4, 0.5) is 11.5 Å². The molecule has 112 valence electrons. The lowest BCUT2D eigenvalue weighted by Crippen LogP contribution is -2.13. The van der Waals surface area contributed by atoms with Gasteiger partial charge >= 0.3 is 5.97 Å². The van der Waals surface area contributed by atoms with Crippen molar-refractivity contribution in [1.29, 1.82) is 0 Å². The zero-order valence-electron chi connectivity index (χ0n) is 12.3. The number of hydrogen-bond donors (Lipinski definition) is 0. The lowest BCUT2D eigenvalue weighted by molar-refractivity contribution is 0.0529. The van der Waals surface area contributed by atoms with E-state index in [9.17, 15) is 4.79 Å². The van der Waals surface area contributed by atoms with E-state index in [2.05, 4.69) is 9.97 Å². The number of carbonyl (C=O) groups excluding carboxylic acids is 1. The van der Waals surface area contributed by atoms with Crippen molar-refractivity contribution in [3.8, 4) is 0 Å². The lowest BCUT2D eigenvalue weighted by Gasteiger charge is -2.19. The van der Waals surface area contributed by atoms with Crippen molar-refractivity contribution >= 4 is 39.0 Å². The fourth-order valence-corrected chi connectivity index (χ4v) is 3.12. The Morgan fingerprint density at radius 2 is 2.05 bits per heavy atom. The van der Waals surface area contributed by atoms with Crippen LogP contribution in [0.25, 0.3) is 10.2 Å². The summed E-state index contributed by atoms with van der Waals surface area (Å²) >= 11 is 1.42. The van der Waals surface area contributed by atoms with Gasteiger partial charge in [-0.1, -0.05) is 18.2 Å². The number of aromatic nitrogens is 2. The molecule has 0 radical (unpaired) electrons. The third-order valence-corrected chi connectivity index (χ3v) is 4.19. The minimum atomic E-state index is -0.341. The summed E-state index contributed by atoms with van der Waals surface area (Å²) in [4.78, 5) is 23.5. The summed E-state index contributed by atoms with van der Waals surface area (Å²) in [7, 11) is 1.92. The number of nitrogens with zero attached hydrogens (tertiary/aromatic N) is 3. The smallest absolute Gasteiger partial charge is 0.339 e. The molecule has 2 aromatic heterocycles. The standard InChI is InChI=1S/C16H15N3O2S/c1-3-21-16(20)12-9-22-15-13(12)14(17-10-18-15)19(2)11-7-5-4-6-8-11/h4-10H,3H2,1-2H3. The van der Waals surface area contributed by atoms with E-state index >= 15 is 0 Å². The van der Waals surface area contributed by atoms with Gasteiger partial charge in [0, 0.05) is 18.1 Å². The van der Waals surface area contributed by atoms with E-state index < -0.39 is 0 Å². The topological polar surface area (TPSA) is 55.3 Å². The highest BCUT2D eigenvalue weighted by molar-refractivity contribution is 7.17. The largest absolute Gasteiger partial charge is 0.462 e. The molecular formula is C16H15N3O2S. The zero-order valence-corrected chi connectivity index (χ0v) is 13.1. The molecule has 0 aliphatic rings. The van der Waals surface area contributed by atoms with Crippen LogP contribution in [0.5, 0.6) is 0 Å². The van der Waals surface area contributed by atoms with Crippen molar-refractivity contribution < 1.29 is 9.53 Å². The van der Waals surface area contributed by atoms with E-state index in [-0.39, 0.29) is 5.97 Å². The molecule has 0 saturated heterocycles. The van der Waals surface area contributed by atoms with Crippen LogP contribution in [0.3, 0.4) is 0 Å². The van der Waals surface area contributed by atoms with Crippen molar-refractivity contribution in [3.63, 3.8) is 0 Å². The summed E-state index contributed by atoms with van der Waals surface area (Å²) in [6.45, 7) is 2.13. The molecule has 0 aliphatic heterocycles. The molecule has 1 aromatic carbocycles. The number of ether oxygens (including phenoxy) is 1. The predicted octanol–water partition coefficient (Wildman–Crippen LogP) is 3.64. The highest BCUT2D eigenvalue weighted by Gasteiger charge is 2.20. The highest BCUT2D eigenvalue weighted by Crippen LogP contribution is 2.34. The summed E-state index contributed by atoms with van der Waals surface area (Å²) in [5, 5.41) is 2.51. The Hall–Kier alpha value is -2.47. The summed E-state index contributed by atoms with van der Waals surface area (Å²) in [5.41, 5.74) is 1.50. The molecule has 3 aromatic rings. The van der Waals surface area contributed by atoms with Gasteiger partial charge in [-0.2, -0.15) is 0 Å². The lowest BCUT2D eigenvalue weighted by atomic mass is 10.2. The van der Waals surface area contributed by atoms with Crippen molar-refractivity contribution in [1.82, 2.24) is 9.97 Å². The minimum absolute atomic E-state index is 0.341. The van der Waals surface area contributed by atoms with E-state index in [1.807, 2.05) is 42.3 Å². The monoisotopic (exact) mass is 313 g/mol. The Labute approximate surface area is 132 Å². The van der Waals surface area contributed by atoms with Crippen LogP contribution in [0.1, 0.15) is 17.3 Å². The van der Waals surface area contributed by atoms with E-state index in [1.54, 1.807) is 12.3 Å². The molecular weight excluding hydrogens is 298 g/mol. The van der Waals surface area contributed by atoms with Crippen molar-refractivity contribution in [3.05, 3.63) is 47.6 Å². The SMILES string of the molecule is CCOC(=O)c1csc2ncnc(N(C)c3ccccc3)c12. The molecule has 0 amide bonds. The number of fused-ring (bicyclic) bond motifs is 1. The van der Waals surface area contributed by atoms with Gasteiger partial charge in [-0.3, -0.25) is 0 Å². The molecule has 6 heteroatoms. The van der Waals surface area contributed by atoms with Crippen molar-refractivity contribution in [2.75, 3.05) is 18.6 Å². The average Bonchev–Trinajstić information content (AvgIpc) is 2.99. The summed E-state index contributed by atoms with van der Waals surface area (Å²) in [6.07, 6.45) is 1.52. The quantitative estimate of drug-likeness (QED) is 0.688. The number of esters is 1. The molecule has 0 atom stereocenters. The summed E-state index contributed by atoms with van der Waals surface area (Å²) in [5.74, 6) is 0.353. The third kappa shape index (κ3) is 2.53. The van der Waals surface area contributed by atoms with Crippen LogP contribution >= 0.6 is 11.3 Å². The third-order valence-electron chi connectivity index (χ3n) is 3.31. The summed E-state index contributed by atoms with van der Waals surface area (Å²) in [6, 6.07) is 9.87. The maximum absolute atomic E-state index is 12.1. The van der Waals surface area contributed by atoms with Gasteiger partial charge in [-0.05, 0) is 19.1 Å². The Bertz CT molecular complexity index is 802. The minimum Gasteiger partial charge on any atom is -0.462 e. The average molecular weight is 313 g/mol. The first-order chi connectivity index (χ1) is 10.7. The second-order valence-corrected chi connectivity index (χ2v) is 5.50. The summed E-state index contributed by atoms with van der Waals surface area (Å²) < 4.78 is 5.13. The molecule has 3 rings (SSSR count). The molecule has 0 fully saturated rings. The van der Waals surface area contributed by atoms with Gasteiger partial charge in [0.05, 0.1) is 17.6 Å². The molecule has 0 unspecified atom stereocenters. The zero-order chi connectivity index (χ0) is 15.5. The fraction of sp³-hybridized carbons (Fsp3) is 0.188. The highest BCUT2D eigenvalue weighted by atomic mass is 32.1. The van der Waals surface area contributed by atoms with E-state index in [4.69, 9.17) is 4.74 Å². The maximum atomic E-state index is 12.1. The van der Waals surface area contributed by atoms with E-state index in [0.717, 1.165) is 15.9 Å². The number of hydrogen-bond acceptors (Lipinski definition) is 6. The van der Waals surface area contributed by atoms with Crippen molar-refractivity contribution in [2.24, 2.45) is 0 Å². The number of thiophene rings is 1. The van der Waals surface area contributed by atoms with Gasteiger partial charge in [0.25, 0.3) is 0 Å². The van der Waals surface area contributed by atoms with Crippen molar-refractivity contribution in [2.45, 2.75) is 6.92 Å². The fourth-order valence-electron chi connectivity index (χ4n) is 2.25. The van der Waals surface area contributed by atoms with Gasteiger partial charge in [0.15, 0.2) is 0 Å². The van der Waals surface area contributed by atoms with Crippen LogP contribution in [-0.4, -0.2) is 29.6 Å². The predicted molar refractivity (Wildman–Crippen MR) is 87.9 cm³/mol. The molecule has 0 spiro atoms. The molecule has 0 aliphatic carbocycles. The number of para-hydroxylation sites is 1. The Morgan fingerprint density at radius 3 is 2.77 bits per heavy atom. The van der Waals surface area contributed by atoms with Crippen LogP contribution in [-0.2, 0) is 4.74 Å². The van der Waals surface area contributed by atoms with Gasteiger partial charge < -0.3 is 9.64 Å². The number of rotatable bonds is 4. The first-order valence-corrected chi connectivity index (χ1v) is 7.78. The Balaban J connectivity index is 2.13. The molecule has 22 heavy (non-hydrogen) atoms. The number of carbonyl (C=O) groups is 1.